The summed E-state index contributed by atoms with van der Waals surface area (Å²) in [4.78, 5) is 72.5. The third-order valence-corrected chi connectivity index (χ3v) is 8.62. The topological polar surface area (TPSA) is 258 Å². The van der Waals surface area contributed by atoms with Crippen LogP contribution < -0.4 is 32.7 Å². The molecule has 0 saturated carbocycles. The van der Waals surface area contributed by atoms with Gasteiger partial charge in [0.25, 0.3) is 0 Å². The number of H-pyrrole nitrogens is 2. The highest BCUT2D eigenvalue weighted by Gasteiger charge is 2.35. The number of nitrogens with one attached hydrogen (secondary N) is 6. The molecule has 2 aromatic carbocycles. The van der Waals surface area contributed by atoms with Crippen molar-refractivity contribution in [1.82, 2.24) is 31.2 Å². The summed E-state index contributed by atoms with van der Waals surface area (Å²) in [7, 11) is 0. The van der Waals surface area contributed by atoms with E-state index in [1.807, 2.05) is 48.5 Å². The van der Waals surface area contributed by atoms with Crippen molar-refractivity contribution in [3.63, 3.8) is 0 Å². The Morgan fingerprint density at radius 2 is 1.08 bits per heavy atom. The Kier molecular flexibility index (Phi) is 12.3. The van der Waals surface area contributed by atoms with E-state index in [1.165, 1.54) is 13.8 Å². The van der Waals surface area contributed by atoms with Gasteiger partial charge < -0.3 is 52.9 Å². The maximum Gasteiger partial charge on any atom is 0.245 e. The Labute approximate surface area is 288 Å². The number of aromatic amines is 2. The van der Waals surface area contributed by atoms with Gasteiger partial charge in [0.2, 0.25) is 29.5 Å². The van der Waals surface area contributed by atoms with E-state index in [9.17, 15) is 34.2 Å². The molecule has 7 atom stereocenters. The zero-order chi connectivity index (χ0) is 36.7. The quantitative estimate of drug-likeness (QED) is 0.0738. The van der Waals surface area contributed by atoms with Crippen molar-refractivity contribution in [2.24, 2.45) is 17.4 Å². The molecule has 0 aliphatic rings. The number of para-hydroxylation sites is 2. The summed E-state index contributed by atoms with van der Waals surface area (Å²) in [6, 6.07) is 8.23. The number of carbonyl (C=O) groups is 5. The van der Waals surface area contributed by atoms with Crippen LogP contribution in [0.5, 0.6) is 0 Å². The van der Waals surface area contributed by atoms with Gasteiger partial charge in [-0.2, -0.15) is 0 Å². The van der Waals surface area contributed by atoms with Crippen LogP contribution in [0.2, 0.25) is 0 Å². The van der Waals surface area contributed by atoms with Crippen LogP contribution in [0.15, 0.2) is 60.9 Å². The first kappa shape index (κ1) is 37.6. The summed E-state index contributed by atoms with van der Waals surface area (Å²) >= 11 is 0. The summed E-state index contributed by atoms with van der Waals surface area (Å²) in [5.74, 6) is -4.33. The van der Waals surface area contributed by atoms with Crippen molar-refractivity contribution in [3.8, 4) is 0 Å². The molecule has 0 spiro atoms. The van der Waals surface area contributed by atoms with E-state index in [-0.39, 0.29) is 18.8 Å². The minimum atomic E-state index is -1.58. The molecule has 15 heteroatoms. The van der Waals surface area contributed by atoms with Crippen molar-refractivity contribution < 1.29 is 34.2 Å². The first-order chi connectivity index (χ1) is 23.7. The van der Waals surface area contributed by atoms with Crippen LogP contribution in [0.25, 0.3) is 21.8 Å². The number of aliphatic hydroxyl groups is 2. The van der Waals surface area contributed by atoms with E-state index in [0.717, 1.165) is 21.8 Å². The molecule has 50 heavy (non-hydrogen) atoms. The first-order valence-electron chi connectivity index (χ1n) is 16.4. The molecule has 4 aromatic rings. The number of benzene rings is 2. The summed E-state index contributed by atoms with van der Waals surface area (Å²) in [6.45, 7) is 6.04. The Morgan fingerprint density at radius 3 is 1.50 bits per heavy atom. The molecule has 2 aromatic heterocycles. The van der Waals surface area contributed by atoms with E-state index >= 15 is 0 Å². The standard InChI is InChI=1S/C35H46N8O7/c1-17(2)29(31(37)46)42-32(47)27(14-21-16-39-25-12-8-6-10-23(21)25)41-35(50)30(19(4)45)43-33(48)26(40-34(49)28(36)18(3)44)13-20-15-38-24-11-7-5-9-22(20)24/h5-12,15-19,26-30,38-39,44-45H,13-14,36H2,1-4H3,(H2,37,46)(H,40,49)(H,41,50)(H,42,47)(H,43,48)/t18-,19-,26+,27+,28+,29+,30+/m1/s1. The summed E-state index contributed by atoms with van der Waals surface area (Å²) in [5.41, 5.74) is 14.3. The van der Waals surface area contributed by atoms with Gasteiger partial charge in [-0.3, -0.25) is 24.0 Å². The van der Waals surface area contributed by atoms with E-state index in [4.69, 9.17) is 11.5 Å². The lowest BCUT2D eigenvalue weighted by Gasteiger charge is -2.28. The van der Waals surface area contributed by atoms with Gasteiger partial charge in [0.15, 0.2) is 0 Å². The van der Waals surface area contributed by atoms with Crippen molar-refractivity contribution in [1.29, 1.82) is 0 Å². The second-order valence-electron chi connectivity index (χ2n) is 12.9. The van der Waals surface area contributed by atoms with Crippen molar-refractivity contribution in [2.45, 2.75) is 83.0 Å². The fourth-order valence-corrected chi connectivity index (χ4v) is 5.69. The van der Waals surface area contributed by atoms with Crippen molar-refractivity contribution in [2.75, 3.05) is 0 Å². The molecule has 0 saturated heterocycles. The number of aromatic nitrogens is 2. The predicted octanol–water partition coefficient (Wildman–Crippen LogP) is -0.396. The van der Waals surface area contributed by atoms with Gasteiger partial charge in [0, 0.05) is 47.0 Å². The number of amides is 5. The fraction of sp³-hybridized carbons (Fsp3) is 0.400. The molecule has 0 bridgehead atoms. The molecule has 0 unspecified atom stereocenters. The van der Waals surface area contributed by atoms with Crippen LogP contribution in [-0.2, 0) is 36.8 Å². The number of primary amides is 1. The fourth-order valence-electron chi connectivity index (χ4n) is 5.69. The van der Waals surface area contributed by atoms with E-state index < -0.39 is 72.0 Å². The summed E-state index contributed by atoms with van der Waals surface area (Å²) in [6.07, 6.45) is 0.686. The van der Waals surface area contributed by atoms with Crippen molar-refractivity contribution >= 4 is 51.3 Å². The normalized spacial score (nSPS) is 15.8. The number of aliphatic hydroxyl groups excluding tert-OH is 2. The maximum absolute atomic E-state index is 13.8. The van der Waals surface area contributed by atoms with Gasteiger partial charge in [-0.15, -0.1) is 0 Å². The van der Waals surface area contributed by atoms with Gasteiger partial charge in [0.05, 0.1) is 12.2 Å². The average Bonchev–Trinajstić information content (AvgIpc) is 3.68. The number of hydrogen-bond acceptors (Lipinski definition) is 8. The van der Waals surface area contributed by atoms with Crippen LogP contribution in [0.3, 0.4) is 0 Å². The van der Waals surface area contributed by atoms with E-state index in [1.54, 1.807) is 26.2 Å². The molecule has 0 aliphatic heterocycles. The molecule has 2 heterocycles. The van der Waals surface area contributed by atoms with Gasteiger partial charge in [-0.1, -0.05) is 50.2 Å². The van der Waals surface area contributed by atoms with Crippen LogP contribution in [-0.4, -0.2) is 92.1 Å². The minimum absolute atomic E-state index is 0.0118. The zero-order valence-electron chi connectivity index (χ0n) is 28.4. The molecule has 5 amide bonds. The zero-order valence-corrected chi connectivity index (χ0v) is 28.4. The second kappa shape index (κ2) is 16.4. The summed E-state index contributed by atoms with van der Waals surface area (Å²) < 4.78 is 0. The molecule has 4 rings (SSSR count). The van der Waals surface area contributed by atoms with Gasteiger partial charge >= 0.3 is 0 Å². The smallest absolute Gasteiger partial charge is 0.245 e. The number of nitrogens with two attached hydrogens (primary N) is 2. The van der Waals surface area contributed by atoms with Gasteiger partial charge in [-0.05, 0) is 43.0 Å². The number of carbonyl (C=O) groups excluding carboxylic acids is 5. The first-order valence-corrected chi connectivity index (χ1v) is 16.4. The Balaban J connectivity index is 1.60. The lowest BCUT2D eigenvalue weighted by Crippen LogP contribution is -2.62. The van der Waals surface area contributed by atoms with Crippen LogP contribution in [0.1, 0.15) is 38.8 Å². The molecule has 15 nitrogen and oxygen atoms in total. The molecular weight excluding hydrogens is 644 g/mol. The molecule has 0 aliphatic carbocycles. The highest BCUT2D eigenvalue weighted by Crippen LogP contribution is 2.21. The lowest BCUT2D eigenvalue weighted by molar-refractivity contribution is -0.136. The molecule has 12 N–H and O–H groups in total. The molecule has 268 valence electrons. The highest BCUT2D eigenvalue weighted by atomic mass is 16.3. The number of rotatable bonds is 16. The third kappa shape index (κ3) is 9.05. The Bertz CT molecular complexity index is 1830. The lowest BCUT2D eigenvalue weighted by atomic mass is 10.00. The van der Waals surface area contributed by atoms with Crippen LogP contribution in [0.4, 0.5) is 0 Å². The predicted molar refractivity (Wildman–Crippen MR) is 187 cm³/mol. The van der Waals surface area contributed by atoms with Crippen LogP contribution >= 0.6 is 0 Å². The van der Waals surface area contributed by atoms with Gasteiger partial charge in [-0.25, -0.2) is 0 Å². The monoisotopic (exact) mass is 690 g/mol. The largest absolute Gasteiger partial charge is 0.391 e. The Morgan fingerprint density at radius 1 is 0.640 bits per heavy atom. The minimum Gasteiger partial charge on any atom is -0.391 e. The van der Waals surface area contributed by atoms with E-state index in [2.05, 4.69) is 31.2 Å². The maximum atomic E-state index is 13.8. The molecule has 0 fully saturated rings. The number of fused-ring (bicyclic) bond motifs is 2. The van der Waals surface area contributed by atoms with Gasteiger partial charge in [0.1, 0.15) is 30.2 Å². The second-order valence-corrected chi connectivity index (χ2v) is 12.9. The van der Waals surface area contributed by atoms with Crippen LogP contribution in [0, 0.1) is 5.92 Å². The highest BCUT2D eigenvalue weighted by molar-refractivity contribution is 5.97. The Hall–Kier alpha value is -5.25. The summed E-state index contributed by atoms with van der Waals surface area (Å²) in [5, 5.41) is 32.5. The third-order valence-electron chi connectivity index (χ3n) is 8.62. The molecule has 0 radical (unpaired) electrons. The van der Waals surface area contributed by atoms with Crippen molar-refractivity contribution in [3.05, 3.63) is 72.1 Å². The number of hydrogen-bond donors (Lipinski definition) is 10. The molecular formula is C35H46N8O7. The SMILES string of the molecule is CC(C)[C@H](NC(=O)[C@H](Cc1c[nH]c2ccccc12)NC(=O)[C@@H](NC(=O)[C@H](Cc1c[nH]c2ccccc12)NC(=O)[C@@H](N)[C@@H](C)O)[C@@H](C)O)C(N)=O. The van der Waals surface area contributed by atoms with E-state index in [0.29, 0.717) is 11.1 Å². The average molecular weight is 691 g/mol.